The average molecular weight is 268 g/mol. The van der Waals surface area contributed by atoms with Gasteiger partial charge >= 0.3 is 5.97 Å². The highest BCUT2D eigenvalue weighted by atomic mass is 35.5. The van der Waals surface area contributed by atoms with E-state index in [0.717, 1.165) is 0 Å². The lowest BCUT2D eigenvalue weighted by molar-refractivity contribution is 0.0694. The maximum atomic E-state index is 11.7. The molecule has 18 heavy (non-hydrogen) atoms. The van der Waals surface area contributed by atoms with Gasteiger partial charge in [-0.1, -0.05) is 11.6 Å². The third-order valence-corrected chi connectivity index (χ3v) is 3.06. The molecule has 0 radical (unpaired) electrons. The Labute approximate surface area is 107 Å². The highest BCUT2D eigenvalue weighted by molar-refractivity contribution is 6.32. The Morgan fingerprint density at radius 1 is 1.44 bits per heavy atom. The van der Waals surface area contributed by atoms with Crippen molar-refractivity contribution in [3.05, 3.63) is 38.6 Å². The van der Waals surface area contributed by atoms with Crippen molar-refractivity contribution in [2.45, 2.75) is 6.92 Å². The Balaban J connectivity index is 2.93. The number of aromatic carboxylic acids is 1. The van der Waals surface area contributed by atoms with Gasteiger partial charge in [-0.05, 0) is 24.6 Å². The van der Waals surface area contributed by atoms with Crippen molar-refractivity contribution in [2.75, 3.05) is 7.11 Å². The van der Waals surface area contributed by atoms with Crippen molar-refractivity contribution in [1.29, 1.82) is 0 Å². The van der Waals surface area contributed by atoms with Crippen LogP contribution in [0.4, 0.5) is 0 Å². The number of halogens is 1. The number of carboxylic acid groups (broad SMARTS) is 1. The van der Waals surface area contributed by atoms with Gasteiger partial charge in [-0.3, -0.25) is 4.79 Å². The number of ether oxygens (including phenoxy) is 1. The number of H-pyrrole nitrogens is 1. The third-order valence-electron chi connectivity index (χ3n) is 2.76. The summed E-state index contributed by atoms with van der Waals surface area (Å²) in [5, 5.41) is 9.95. The third kappa shape index (κ3) is 1.82. The molecule has 94 valence electrons. The Kier molecular flexibility index (Phi) is 3.00. The average Bonchev–Trinajstić information content (AvgIpc) is 2.27. The van der Waals surface area contributed by atoms with Crippen LogP contribution in [-0.4, -0.2) is 23.2 Å². The van der Waals surface area contributed by atoms with Crippen LogP contribution in [0, 0.1) is 6.92 Å². The van der Waals surface area contributed by atoms with Crippen LogP contribution in [0.15, 0.2) is 16.9 Å². The van der Waals surface area contributed by atoms with Crippen molar-refractivity contribution >= 4 is 28.5 Å². The predicted molar refractivity (Wildman–Crippen MR) is 67.8 cm³/mol. The van der Waals surface area contributed by atoms with Crippen LogP contribution in [-0.2, 0) is 0 Å². The van der Waals surface area contributed by atoms with Crippen LogP contribution < -0.4 is 10.3 Å². The van der Waals surface area contributed by atoms with E-state index in [9.17, 15) is 9.59 Å². The molecule has 0 saturated carbocycles. The van der Waals surface area contributed by atoms with E-state index < -0.39 is 11.5 Å². The molecule has 2 N–H and O–H groups in total. The van der Waals surface area contributed by atoms with E-state index in [2.05, 4.69) is 4.98 Å². The lowest BCUT2D eigenvalue weighted by Crippen LogP contribution is -2.19. The number of hydrogen-bond acceptors (Lipinski definition) is 3. The minimum absolute atomic E-state index is 0.271. The molecule has 0 amide bonds. The second kappa shape index (κ2) is 4.34. The Morgan fingerprint density at radius 2 is 2.11 bits per heavy atom. The van der Waals surface area contributed by atoms with Gasteiger partial charge in [0.2, 0.25) is 0 Å². The van der Waals surface area contributed by atoms with Crippen LogP contribution in [0.3, 0.4) is 0 Å². The fourth-order valence-corrected chi connectivity index (χ4v) is 2.11. The number of aryl methyl sites for hydroxylation is 1. The Bertz CT molecular complexity index is 705. The van der Waals surface area contributed by atoms with Crippen LogP contribution in [0.5, 0.6) is 5.75 Å². The van der Waals surface area contributed by atoms with Crippen molar-refractivity contribution in [1.82, 2.24) is 4.98 Å². The number of hydrogen-bond donors (Lipinski definition) is 2. The molecule has 0 unspecified atom stereocenters. The molecule has 0 aliphatic heterocycles. The van der Waals surface area contributed by atoms with Gasteiger partial charge in [0.25, 0.3) is 5.56 Å². The molecule has 0 bridgehead atoms. The molecule has 0 atom stereocenters. The molecule has 6 heteroatoms. The molecule has 0 saturated heterocycles. The van der Waals surface area contributed by atoms with Gasteiger partial charge in [-0.2, -0.15) is 0 Å². The molecule has 0 fully saturated rings. The van der Waals surface area contributed by atoms with Crippen LogP contribution in [0.1, 0.15) is 15.9 Å². The minimum atomic E-state index is -1.26. The zero-order valence-corrected chi connectivity index (χ0v) is 10.5. The van der Waals surface area contributed by atoms with Crippen molar-refractivity contribution < 1.29 is 14.6 Å². The molecule has 1 heterocycles. The smallest absolute Gasteiger partial charge is 0.341 e. The van der Waals surface area contributed by atoms with Gasteiger partial charge < -0.3 is 14.8 Å². The maximum Gasteiger partial charge on any atom is 0.341 e. The zero-order chi connectivity index (χ0) is 13.4. The van der Waals surface area contributed by atoms with E-state index >= 15 is 0 Å². The summed E-state index contributed by atoms with van der Waals surface area (Å²) in [6, 6.07) is 3.14. The molecule has 5 nitrogen and oxygen atoms in total. The van der Waals surface area contributed by atoms with E-state index in [1.165, 1.54) is 13.2 Å². The Hall–Kier alpha value is -2.01. The van der Waals surface area contributed by atoms with Gasteiger partial charge in [0.15, 0.2) is 0 Å². The molecule has 0 spiro atoms. The van der Waals surface area contributed by atoms with Crippen LogP contribution in [0.2, 0.25) is 5.02 Å². The lowest BCUT2D eigenvalue weighted by Gasteiger charge is -2.09. The van der Waals surface area contributed by atoms with Gasteiger partial charge in [-0.25, -0.2) is 4.79 Å². The number of methoxy groups -OCH3 is 1. The molecule has 1 aromatic carbocycles. The SMILES string of the molecule is COc1cc2c(C)c(C(=O)O)c(=O)[nH]c2cc1Cl. The summed E-state index contributed by atoms with van der Waals surface area (Å²) in [4.78, 5) is 25.2. The Morgan fingerprint density at radius 3 is 2.67 bits per heavy atom. The van der Waals surface area contributed by atoms with E-state index in [-0.39, 0.29) is 5.56 Å². The standard InChI is InChI=1S/C12H10ClNO4/c1-5-6-3-9(18-2)7(13)4-8(6)14-11(15)10(5)12(16)17/h3-4H,1-2H3,(H,14,15)(H,16,17). The number of nitrogens with one attached hydrogen (secondary N) is 1. The summed E-state index contributed by atoms with van der Waals surface area (Å²) in [6.07, 6.45) is 0. The number of pyridine rings is 1. The van der Waals surface area contributed by atoms with Gasteiger partial charge in [-0.15, -0.1) is 0 Å². The quantitative estimate of drug-likeness (QED) is 0.874. The van der Waals surface area contributed by atoms with E-state index in [0.29, 0.717) is 27.2 Å². The first kappa shape index (κ1) is 12.4. The van der Waals surface area contributed by atoms with E-state index in [4.69, 9.17) is 21.4 Å². The van der Waals surface area contributed by atoms with Crippen molar-refractivity contribution in [2.24, 2.45) is 0 Å². The topological polar surface area (TPSA) is 79.4 Å². The van der Waals surface area contributed by atoms with Gasteiger partial charge in [0, 0.05) is 5.39 Å². The monoisotopic (exact) mass is 267 g/mol. The normalized spacial score (nSPS) is 10.6. The minimum Gasteiger partial charge on any atom is -0.495 e. The molecule has 1 aromatic heterocycles. The molecule has 2 rings (SSSR count). The number of benzene rings is 1. The van der Waals surface area contributed by atoms with Crippen molar-refractivity contribution in [3.63, 3.8) is 0 Å². The number of aromatic amines is 1. The molecule has 2 aromatic rings. The van der Waals surface area contributed by atoms with E-state index in [1.807, 2.05) is 0 Å². The first-order chi connectivity index (χ1) is 8.45. The summed E-state index contributed by atoms with van der Waals surface area (Å²) in [5.74, 6) is -0.833. The summed E-state index contributed by atoms with van der Waals surface area (Å²) < 4.78 is 5.07. The second-order valence-electron chi connectivity index (χ2n) is 3.79. The van der Waals surface area contributed by atoms with Crippen LogP contribution in [0.25, 0.3) is 10.9 Å². The van der Waals surface area contributed by atoms with Crippen molar-refractivity contribution in [3.8, 4) is 5.75 Å². The molecule has 0 aliphatic rings. The van der Waals surface area contributed by atoms with E-state index in [1.54, 1.807) is 13.0 Å². The number of aromatic nitrogens is 1. The van der Waals surface area contributed by atoms with Crippen LogP contribution >= 0.6 is 11.6 Å². The largest absolute Gasteiger partial charge is 0.495 e. The lowest BCUT2D eigenvalue weighted by atomic mass is 10.0. The summed E-state index contributed by atoms with van der Waals surface area (Å²) in [6.45, 7) is 1.58. The summed E-state index contributed by atoms with van der Waals surface area (Å²) in [7, 11) is 1.46. The summed E-state index contributed by atoms with van der Waals surface area (Å²) >= 11 is 5.95. The fourth-order valence-electron chi connectivity index (χ4n) is 1.87. The number of fused-ring (bicyclic) bond motifs is 1. The van der Waals surface area contributed by atoms with Gasteiger partial charge in [0.1, 0.15) is 11.3 Å². The predicted octanol–water partition coefficient (Wildman–Crippen LogP) is 2.20. The molecular weight excluding hydrogens is 258 g/mol. The second-order valence-corrected chi connectivity index (χ2v) is 4.20. The highest BCUT2D eigenvalue weighted by Gasteiger charge is 2.16. The maximum absolute atomic E-state index is 11.7. The first-order valence-corrected chi connectivity index (χ1v) is 5.47. The first-order valence-electron chi connectivity index (χ1n) is 5.09. The number of carboxylic acids is 1. The zero-order valence-electron chi connectivity index (χ0n) is 9.70. The van der Waals surface area contributed by atoms with Gasteiger partial charge in [0.05, 0.1) is 17.6 Å². The number of carbonyl (C=O) groups is 1. The molecular formula is C12H10ClNO4. The number of rotatable bonds is 2. The fraction of sp³-hybridized carbons (Fsp3) is 0.167. The molecule has 0 aliphatic carbocycles. The summed E-state index contributed by atoms with van der Waals surface area (Å²) in [5.41, 5.74) is -0.0508. The highest BCUT2D eigenvalue weighted by Crippen LogP contribution is 2.30.